The van der Waals surface area contributed by atoms with Crippen molar-refractivity contribution in [1.29, 1.82) is 0 Å². The molecule has 1 aromatic carbocycles. The molecule has 0 N–H and O–H groups in total. The first kappa shape index (κ1) is 16.3. The van der Waals surface area contributed by atoms with Gasteiger partial charge in [0.25, 0.3) is 0 Å². The molecule has 0 amide bonds. The number of hydrogen-bond donors (Lipinski definition) is 0. The van der Waals surface area contributed by atoms with Crippen molar-refractivity contribution in [2.45, 2.75) is 19.7 Å². The molecule has 0 radical (unpaired) electrons. The van der Waals surface area contributed by atoms with Crippen LogP contribution in [-0.2, 0) is 15.4 Å². The molecule has 0 bridgehead atoms. The van der Waals surface area contributed by atoms with Crippen molar-refractivity contribution < 1.29 is 9.47 Å². The molecule has 0 fully saturated rings. The molecule has 0 atom stereocenters. The molecule has 0 aliphatic carbocycles. The van der Waals surface area contributed by atoms with E-state index in [1.807, 2.05) is 26.0 Å². The first-order valence-corrected chi connectivity index (χ1v) is 7.41. The first-order chi connectivity index (χ1) is 9.33. The molecule has 1 aromatic rings. The number of para-hydroxylation sites is 1. The highest BCUT2D eigenvalue weighted by molar-refractivity contribution is 6.17. The van der Waals surface area contributed by atoms with Crippen LogP contribution in [0.5, 0.6) is 0 Å². The highest BCUT2D eigenvalue weighted by Gasteiger charge is 2.10. The average molecular weight is 286 g/mol. The van der Waals surface area contributed by atoms with Crippen molar-refractivity contribution >= 4 is 17.3 Å². The van der Waals surface area contributed by atoms with E-state index in [9.17, 15) is 0 Å². The van der Waals surface area contributed by atoms with Crippen LogP contribution in [0.1, 0.15) is 19.4 Å². The summed E-state index contributed by atoms with van der Waals surface area (Å²) in [6.07, 6.45) is 0. The van der Waals surface area contributed by atoms with Gasteiger partial charge in [-0.3, -0.25) is 0 Å². The van der Waals surface area contributed by atoms with Gasteiger partial charge in [0, 0.05) is 37.9 Å². The Kier molecular flexibility index (Phi) is 8.63. The maximum atomic E-state index is 6.01. The van der Waals surface area contributed by atoms with E-state index in [-0.39, 0.29) is 0 Å². The number of halogens is 1. The van der Waals surface area contributed by atoms with Gasteiger partial charge in [-0.1, -0.05) is 18.2 Å². The second kappa shape index (κ2) is 10.1. The largest absolute Gasteiger partial charge is 0.380 e. The Morgan fingerprint density at radius 2 is 1.58 bits per heavy atom. The fourth-order valence-corrected chi connectivity index (χ4v) is 2.15. The highest BCUT2D eigenvalue weighted by atomic mass is 35.5. The Hall–Kier alpha value is -0.770. The Morgan fingerprint density at radius 1 is 1.00 bits per heavy atom. The minimum absolute atomic E-state index is 0.524. The lowest BCUT2D eigenvalue weighted by atomic mass is 10.2. The van der Waals surface area contributed by atoms with Gasteiger partial charge in [-0.15, -0.1) is 11.6 Å². The lowest BCUT2D eigenvalue weighted by Crippen LogP contribution is -2.31. The van der Waals surface area contributed by atoms with Crippen molar-refractivity contribution in [3.63, 3.8) is 0 Å². The van der Waals surface area contributed by atoms with Gasteiger partial charge in [0.2, 0.25) is 0 Å². The molecule has 108 valence electrons. The number of rotatable bonds is 10. The molecule has 0 saturated carbocycles. The summed E-state index contributed by atoms with van der Waals surface area (Å²) in [6, 6.07) is 8.23. The topological polar surface area (TPSA) is 21.7 Å². The molecule has 3 nitrogen and oxygen atoms in total. The van der Waals surface area contributed by atoms with E-state index < -0.39 is 0 Å². The van der Waals surface area contributed by atoms with E-state index in [1.165, 1.54) is 5.69 Å². The van der Waals surface area contributed by atoms with Crippen molar-refractivity contribution in [1.82, 2.24) is 0 Å². The van der Waals surface area contributed by atoms with Crippen LogP contribution in [0.4, 0.5) is 5.69 Å². The fraction of sp³-hybridized carbons (Fsp3) is 0.600. The van der Waals surface area contributed by atoms with E-state index in [4.69, 9.17) is 21.1 Å². The van der Waals surface area contributed by atoms with Crippen LogP contribution in [0.25, 0.3) is 0 Å². The van der Waals surface area contributed by atoms with Gasteiger partial charge in [0.05, 0.1) is 13.2 Å². The minimum atomic E-state index is 0.524. The van der Waals surface area contributed by atoms with Crippen molar-refractivity contribution in [2.24, 2.45) is 0 Å². The van der Waals surface area contributed by atoms with E-state index in [0.29, 0.717) is 5.88 Å². The summed E-state index contributed by atoms with van der Waals surface area (Å²) in [6.45, 7) is 8.67. The van der Waals surface area contributed by atoms with Crippen molar-refractivity contribution in [3.8, 4) is 0 Å². The number of anilines is 1. The van der Waals surface area contributed by atoms with Gasteiger partial charge in [-0.2, -0.15) is 0 Å². The first-order valence-electron chi connectivity index (χ1n) is 6.87. The van der Waals surface area contributed by atoms with Crippen molar-refractivity contribution in [3.05, 3.63) is 29.8 Å². The van der Waals surface area contributed by atoms with Crippen LogP contribution in [0.2, 0.25) is 0 Å². The zero-order valence-corrected chi connectivity index (χ0v) is 12.7. The van der Waals surface area contributed by atoms with Crippen LogP contribution in [0, 0.1) is 0 Å². The smallest absolute Gasteiger partial charge is 0.0641 e. The number of hydrogen-bond acceptors (Lipinski definition) is 3. The second-order valence-electron chi connectivity index (χ2n) is 4.14. The van der Waals surface area contributed by atoms with E-state index in [0.717, 1.165) is 45.1 Å². The molecular formula is C15H24ClNO2. The standard InChI is InChI=1S/C15H24ClNO2/c1-3-18-11-9-17(10-12-19-4-2)15-8-6-5-7-14(15)13-16/h5-8H,3-4,9-13H2,1-2H3. The quantitative estimate of drug-likeness (QED) is 0.486. The Balaban J connectivity index is 2.69. The van der Waals surface area contributed by atoms with Crippen LogP contribution in [0.3, 0.4) is 0 Å². The summed E-state index contributed by atoms with van der Waals surface area (Å²) < 4.78 is 10.9. The van der Waals surface area contributed by atoms with Gasteiger partial charge in [0.15, 0.2) is 0 Å². The average Bonchev–Trinajstić information content (AvgIpc) is 2.46. The SMILES string of the molecule is CCOCCN(CCOCC)c1ccccc1CCl. The predicted molar refractivity (Wildman–Crippen MR) is 81.2 cm³/mol. The van der Waals surface area contributed by atoms with Crippen LogP contribution < -0.4 is 4.90 Å². The maximum absolute atomic E-state index is 6.01. The Labute approximate surface area is 121 Å². The molecule has 0 heterocycles. The summed E-state index contributed by atoms with van der Waals surface area (Å²) in [7, 11) is 0. The molecule has 0 aliphatic heterocycles. The summed E-state index contributed by atoms with van der Waals surface area (Å²) in [5.74, 6) is 0.524. The van der Waals surface area contributed by atoms with E-state index >= 15 is 0 Å². The molecular weight excluding hydrogens is 262 g/mol. The van der Waals surface area contributed by atoms with Gasteiger partial charge in [-0.05, 0) is 25.5 Å². The number of benzene rings is 1. The molecule has 0 unspecified atom stereocenters. The number of ether oxygens (including phenoxy) is 2. The van der Waals surface area contributed by atoms with Crippen LogP contribution in [-0.4, -0.2) is 39.5 Å². The molecule has 4 heteroatoms. The predicted octanol–water partition coefficient (Wildman–Crippen LogP) is 3.30. The third-order valence-corrected chi connectivity index (χ3v) is 3.18. The highest BCUT2D eigenvalue weighted by Crippen LogP contribution is 2.21. The lowest BCUT2D eigenvalue weighted by molar-refractivity contribution is 0.141. The van der Waals surface area contributed by atoms with Crippen LogP contribution >= 0.6 is 11.6 Å². The van der Waals surface area contributed by atoms with Crippen molar-refractivity contribution in [2.75, 3.05) is 44.4 Å². The minimum Gasteiger partial charge on any atom is -0.380 e. The summed E-state index contributed by atoms with van der Waals surface area (Å²) >= 11 is 6.01. The zero-order chi connectivity index (χ0) is 13.9. The zero-order valence-electron chi connectivity index (χ0n) is 11.9. The maximum Gasteiger partial charge on any atom is 0.0641 e. The third-order valence-electron chi connectivity index (χ3n) is 2.90. The second-order valence-corrected chi connectivity index (χ2v) is 4.41. The monoisotopic (exact) mass is 285 g/mol. The normalized spacial score (nSPS) is 10.7. The van der Waals surface area contributed by atoms with E-state index in [1.54, 1.807) is 0 Å². The molecule has 1 rings (SSSR count). The summed E-state index contributed by atoms with van der Waals surface area (Å²) in [5.41, 5.74) is 2.33. The number of alkyl halides is 1. The summed E-state index contributed by atoms with van der Waals surface area (Å²) in [5, 5.41) is 0. The van der Waals surface area contributed by atoms with Gasteiger partial charge in [-0.25, -0.2) is 0 Å². The number of nitrogens with zero attached hydrogens (tertiary/aromatic N) is 1. The lowest BCUT2D eigenvalue weighted by Gasteiger charge is -2.26. The third kappa shape index (κ3) is 5.81. The molecule has 0 aromatic heterocycles. The molecule has 0 spiro atoms. The van der Waals surface area contributed by atoms with Gasteiger partial charge < -0.3 is 14.4 Å². The fourth-order valence-electron chi connectivity index (χ4n) is 1.92. The molecule has 19 heavy (non-hydrogen) atoms. The van der Waals surface area contributed by atoms with Gasteiger partial charge >= 0.3 is 0 Å². The van der Waals surface area contributed by atoms with E-state index in [2.05, 4.69) is 17.0 Å². The van der Waals surface area contributed by atoms with Crippen LogP contribution in [0.15, 0.2) is 24.3 Å². The Bertz CT molecular complexity index is 337. The molecule has 0 saturated heterocycles. The Morgan fingerprint density at radius 3 is 2.11 bits per heavy atom. The van der Waals surface area contributed by atoms with Gasteiger partial charge in [0.1, 0.15) is 0 Å². The summed E-state index contributed by atoms with van der Waals surface area (Å²) in [4.78, 5) is 2.28. The molecule has 0 aliphatic rings.